The van der Waals surface area contributed by atoms with Crippen molar-refractivity contribution in [2.45, 2.75) is 64.2 Å². The zero-order valence-electron chi connectivity index (χ0n) is 18.9. The number of amides is 1. The van der Waals surface area contributed by atoms with E-state index in [2.05, 4.69) is 20.2 Å². The van der Waals surface area contributed by atoms with Crippen LogP contribution < -0.4 is 15.8 Å². The molecule has 0 radical (unpaired) electrons. The maximum absolute atomic E-state index is 12.9. The number of nitrogens with one attached hydrogen (secondary N) is 1. The average Bonchev–Trinajstić information content (AvgIpc) is 3.08. The molecule has 3 aliphatic rings. The van der Waals surface area contributed by atoms with Crippen LogP contribution in [0.15, 0.2) is 4.79 Å². The van der Waals surface area contributed by atoms with Crippen LogP contribution in [-0.2, 0) is 17.6 Å². The van der Waals surface area contributed by atoms with Crippen LogP contribution in [0.4, 0.5) is 5.13 Å². The summed E-state index contributed by atoms with van der Waals surface area (Å²) >= 11 is 1.47. The Hall–Kier alpha value is -2.00. The fourth-order valence-corrected chi connectivity index (χ4v) is 6.24. The van der Waals surface area contributed by atoms with E-state index in [1.54, 1.807) is 0 Å². The lowest BCUT2D eigenvalue weighted by molar-refractivity contribution is -0.125. The van der Waals surface area contributed by atoms with Crippen molar-refractivity contribution in [1.82, 2.24) is 24.8 Å². The van der Waals surface area contributed by atoms with Crippen LogP contribution in [0, 0.1) is 5.92 Å². The lowest BCUT2D eigenvalue weighted by Crippen LogP contribution is -2.45. The molecule has 1 unspecified atom stereocenters. The summed E-state index contributed by atoms with van der Waals surface area (Å²) in [6.07, 6.45) is 10.9. The van der Waals surface area contributed by atoms with Crippen molar-refractivity contribution in [1.29, 1.82) is 0 Å². The number of likely N-dealkylation sites (tertiary alicyclic amines) is 1. The summed E-state index contributed by atoms with van der Waals surface area (Å²) in [4.78, 5) is 35.8. The predicted octanol–water partition coefficient (Wildman–Crippen LogP) is 2.24. The molecular formula is C23H34N6O2S. The lowest BCUT2D eigenvalue weighted by atomic mass is 9.97. The first kappa shape index (κ1) is 21.8. The normalized spacial score (nSPS) is 22.5. The first-order valence-electron chi connectivity index (χ1n) is 12.4. The van der Waals surface area contributed by atoms with E-state index < -0.39 is 0 Å². The molecule has 1 atom stereocenters. The molecule has 8 nitrogen and oxygen atoms in total. The molecule has 0 spiro atoms. The largest absolute Gasteiger partial charge is 0.355 e. The topological polar surface area (TPSA) is 82.8 Å². The molecule has 2 aromatic heterocycles. The fraction of sp³-hybridized carbons (Fsp3) is 0.739. The van der Waals surface area contributed by atoms with Gasteiger partial charge in [-0.25, -0.2) is 4.98 Å². The van der Waals surface area contributed by atoms with Gasteiger partial charge in [0.15, 0.2) is 0 Å². The van der Waals surface area contributed by atoms with E-state index in [1.165, 1.54) is 41.5 Å². The van der Waals surface area contributed by atoms with Crippen molar-refractivity contribution in [3.63, 3.8) is 0 Å². The van der Waals surface area contributed by atoms with Gasteiger partial charge < -0.3 is 15.1 Å². The highest BCUT2D eigenvalue weighted by Gasteiger charge is 2.28. The fourth-order valence-electron chi connectivity index (χ4n) is 5.30. The van der Waals surface area contributed by atoms with E-state index in [1.807, 2.05) is 0 Å². The molecule has 1 aliphatic carbocycles. The summed E-state index contributed by atoms with van der Waals surface area (Å²) in [5, 5.41) is 8.60. The van der Waals surface area contributed by atoms with E-state index in [0.29, 0.717) is 11.5 Å². The Labute approximate surface area is 193 Å². The molecule has 2 aromatic rings. The quantitative estimate of drug-likeness (QED) is 0.740. The first-order chi connectivity index (χ1) is 15.7. The molecule has 4 heterocycles. The molecule has 2 aliphatic heterocycles. The van der Waals surface area contributed by atoms with Crippen molar-refractivity contribution >= 4 is 27.3 Å². The third kappa shape index (κ3) is 4.69. The zero-order chi connectivity index (χ0) is 21.9. The maximum Gasteiger partial charge on any atom is 0.278 e. The third-order valence-corrected chi connectivity index (χ3v) is 8.13. The number of hydrogen-bond acceptors (Lipinski definition) is 7. The number of piperidine rings is 1. The summed E-state index contributed by atoms with van der Waals surface area (Å²) in [6, 6.07) is 0. The maximum atomic E-state index is 12.9. The van der Waals surface area contributed by atoms with Crippen LogP contribution >= 0.6 is 11.3 Å². The van der Waals surface area contributed by atoms with Crippen LogP contribution in [0.5, 0.6) is 0 Å². The van der Waals surface area contributed by atoms with Gasteiger partial charge >= 0.3 is 0 Å². The number of aromatic nitrogens is 3. The summed E-state index contributed by atoms with van der Waals surface area (Å²) < 4.78 is 1.48. The molecule has 0 saturated carbocycles. The Balaban J connectivity index is 1.21. The van der Waals surface area contributed by atoms with Gasteiger partial charge in [0, 0.05) is 31.7 Å². The summed E-state index contributed by atoms with van der Waals surface area (Å²) in [7, 11) is 0. The van der Waals surface area contributed by atoms with E-state index in [4.69, 9.17) is 4.98 Å². The van der Waals surface area contributed by atoms with Gasteiger partial charge in [-0.05, 0) is 64.5 Å². The molecule has 2 fully saturated rings. The van der Waals surface area contributed by atoms with Gasteiger partial charge in [0.2, 0.25) is 16.0 Å². The molecule has 5 rings (SSSR count). The average molecular weight is 459 g/mol. The van der Waals surface area contributed by atoms with Crippen LogP contribution in [0.3, 0.4) is 0 Å². The zero-order valence-corrected chi connectivity index (χ0v) is 19.7. The number of rotatable bonds is 5. The third-order valence-electron chi connectivity index (χ3n) is 7.16. The minimum Gasteiger partial charge on any atom is -0.355 e. The van der Waals surface area contributed by atoms with Crippen LogP contribution in [0.1, 0.15) is 62.6 Å². The summed E-state index contributed by atoms with van der Waals surface area (Å²) in [5.41, 5.74) is 1.79. The summed E-state index contributed by atoms with van der Waals surface area (Å²) in [5.74, 6) is 0.120. The molecule has 0 aromatic carbocycles. The number of hydrogen-bond donors (Lipinski definition) is 1. The monoisotopic (exact) mass is 458 g/mol. The second-order valence-electron chi connectivity index (χ2n) is 9.46. The van der Waals surface area contributed by atoms with Gasteiger partial charge in [-0.2, -0.15) is 4.52 Å². The van der Waals surface area contributed by atoms with Crippen molar-refractivity contribution in [3.8, 4) is 0 Å². The van der Waals surface area contributed by atoms with Crippen molar-refractivity contribution in [3.05, 3.63) is 21.6 Å². The number of fused-ring (bicyclic) bond motifs is 2. The number of carbonyl (C=O) groups is 1. The number of aryl methyl sites for hydroxylation is 1. The van der Waals surface area contributed by atoms with E-state index in [9.17, 15) is 9.59 Å². The Morgan fingerprint density at radius 1 is 1.03 bits per heavy atom. The highest BCUT2D eigenvalue weighted by atomic mass is 32.1. The Morgan fingerprint density at radius 3 is 2.69 bits per heavy atom. The number of nitrogens with zero attached hydrogens (tertiary/aromatic N) is 5. The molecule has 0 bridgehead atoms. The molecular weight excluding hydrogens is 424 g/mol. The van der Waals surface area contributed by atoms with Crippen molar-refractivity contribution in [2.24, 2.45) is 5.92 Å². The van der Waals surface area contributed by atoms with Gasteiger partial charge in [0.05, 0.1) is 11.6 Å². The van der Waals surface area contributed by atoms with Crippen molar-refractivity contribution in [2.75, 3.05) is 44.2 Å². The van der Waals surface area contributed by atoms with E-state index >= 15 is 0 Å². The minimum atomic E-state index is -0.0298. The minimum absolute atomic E-state index is 0.00739. The standard InChI is InChI=1S/C23H34N6O2S/c30-20(24-11-15-27-12-5-1-2-6-13-27)17-8-7-14-28(16-17)23-26-29-21(31)18-9-3-4-10-19(18)25-22(29)32-23/h17H,1-16H2,(H,24,30). The van der Waals surface area contributed by atoms with Crippen LogP contribution in [0.25, 0.3) is 4.96 Å². The SMILES string of the molecule is O=C(NCCN1CCCCCC1)C1CCCN(c2nn3c(=O)c4c(nc3s2)CCCC4)C1. The molecule has 1 amide bonds. The van der Waals surface area contributed by atoms with Gasteiger partial charge in [-0.1, -0.05) is 24.2 Å². The smallest absolute Gasteiger partial charge is 0.278 e. The van der Waals surface area contributed by atoms with E-state index in [-0.39, 0.29) is 17.4 Å². The molecule has 174 valence electrons. The molecule has 32 heavy (non-hydrogen) atoms. The molecule has 1 N–H and O–H groups in total. The predicted molar refractivity (Wildman–Crippen MR) is 127 cm³/mol. The van der Waals surface area contributed by atoms with Gasteiger partial charge in [-0.3, -0.25) is 9.59 Å². The number of anilines is 1. The number of carbonyl (C=O) groups excluding carboxylic acids is 1. The Bertz CT molecular complexity index is 1010. The first-order valence-corrected chi connectivity index (χ1v) is 13.2. The second kappa shape index (κ2) is 9.87. The summed E-state index contributed by atoms with van der Waals surface area (Å²) in [6.45, 7) is 5.50. The molecule has 9 heteroatoms. The van der Waals surface area contributed by atoms with Crippen LogP contribution in [0.2, 0.25) is 0 Å². The van der Waals surface area contributed by atoms with Crippen LogP contribution in [-0.4, -0.2) is 64.7 Å². The van der Waals surface area contributed by atoms with Gasteiger partial charge in [0.1, 0.15) is 0 Å². The molecule has 2 saturated heterocycles. The van der Waals surface area contributed by atoms with Crippen molar-refractivity contribution < 1.29 is 4.79 Å². The Kier molecular flexibility index (Phi) is 6.73. The van der Waals surface area contributed by atoms with E-state index in [0.717, 1.165) is 87.6 Å². The van der Waals surface area contributed by atoms with Gasteiger partial charge in [-0.15, -0.1) is 5.10 Å². The highest BCUT2D eigenvalue weighted by molar-refractivity contribution is 7.20. The van der Waals surface area contributed by atoms with Gasteiger partial charge in [0.25, 0.3) is 5.56 Å². The lowest BCUT2D eigenvalue weighted by Gasteiger charge is -2.31. The second-order valence-corrected chi connectivity index (χ2v) is 10.4. The highest BCUT2D eigenvalue weighted by Crippen LogP contribution is 2.28. The Morgan fingerprint density at radius 2 is 1.84 bits per heavy atom.